The lowest BCUT2D eigenvalue weighted by atomic mass is 10.2. The molecule has 128 valence electrons. The topological polar surface area (TPSA) is 41.6 Å². The van der Waals surface area contributed by atoms with Crippen molar-refractivity contribution in [1.29, 1.82) is 0 Å². The largest absolute Gasteiger partial charge is 0.494 e. The number of anilines is 1. The maximum absolute atomic E-state index is 12.7. The number of carbonyl (C=O) groups is 1. The fourth-order valence-corrected chi connectivity index (χ4v) is 3.00. The molecule has 0 radical (unpaired) electrons. The van der Waals surface area contributed by atoms with Gasteiger partial charge in [0.05, 0.1) is 22.3 Å². The van der Waals surface area contributed by atoms with Crippen molar-refractivity contribution in [1.82, 2.24) is 5.32 Å². The number of benzene rings is 2. The Kier molecular flexibility index (Phi) is 5.27. The van der Waals surface area contributed by atoms with E-state index in [1.54, 1.807) is 48.5 Å². The van der Waals surface area contributed by atoms with Gasteiger partial charge in [-0.3, -0.25) is 9.69 Å². The molecule has 4 nitrogen and oxygen atoms in total. The molecule has 0 saturated carbocycles. The van der Waals surface area contributed by atoms with Crippen LogP contribution in [0.25, 0.3) is 6.08 Å². The zero-order valence-electron chi connectivity index (χ0n) is 13.3. The molecule has 1 heterocycles. The highest BCUT2D eigenvalue weighted by Crippen LogP contribution is 2.27. The summed E-state index contributed by atoms with van der Waals surface area (Å²) in [7, 11) is 0. The van der Waals surface area contributed by atoms with Crippen molar-refractivity contribution in [3.8, 4) is 5.75 Å². The minimum atomic E-state index is -0.236. The number of hydrogen-bond acceptors (Lipinski definition) is 3. The van der Waals surface area contributed by atoms with Crippen LogP contribution in [-0.4, -0.2) is 17.6 Å². The molecule has 0 aliphatic carbocycles. The number of halogens is 2. The molecule has 0 spiro atoms. The molecule has 2 aromatic rings. The summed E-state index contributed by atoms with van der Waals surface area (Å²) in [4.78, 5) is 14.1. The Labute approximate surface area is 161 Å². The molecule has 2 aromatic carbocycles. The Hall–Kier alpha value is -2.08. The molecule has 0 aromatic heterocycles. The molecule has 0 unspecified atom stereocenters. The van der Waals surface area contributed by atoms with E-state index in [2.05, 4.69) is 5.32 Å². The molecular formula is C18H14Cl2N2O2S. The quantitative estimate of drug-likeness (QED) is 0.606. The number of rotatable bonds is 4. The number of carbonyl (C=O) groups excluding carboxylic acids is 1. The van der Waals surface area contributed by atoms with E-state index in [9.17, 15) is 4.79 Å². The van der Waals surface area contributed by atoms with Crippen molar-refractivity contribution in [3.05, 3.63) is 63.8 Å². The third-order valence-electron chi connectivity index (χ3n) is 3.54. The van der Waals surface area contributed by atoms with Gasteiger partial charge in [0, 0.05) is 0 Å². The van der Waals surface area contributed by atoms with E-state index >= 15 is 0 Å². The lowest BCUT2D eigenvalue weighted by molar-refractivity contribution is -0.113. The summed E-state index contributed by atoms with van der Waals surface area (Å²) < 4.78 is 5.41. The normalized spacial score (nSPS) is 15.6. The minimum Gasteiger partial charge on any atom is -0.494 e. The van der Waals surface area contributed by atoms with Gasteiger partial charge in [0.2, 0.25) is 0 Å². The molecule has 1 saturated heterocycles. The average Bonchev–Trinajstić information content (AvgIpc) is 2.86. The lowest BCUT2D eigenvalue weighted by Gasteiger charge is -2.14. The van der Waals surface area contributed by atoms with Crippen molar-refractivity contribution in [2.45, 2.75) is 6.92 Å². The van der Waals surface area contributed by atoms with Crippen molar-refractivity contribution in [2.75, 3.05) is 11.5 Å². The first-order chi connectivity index (χ1) is 12.0. The van der Waals surface area contributed by atoms with Crippen molar-refractivity contribution >= 4 is 58.2 Å². The van der Waals surface area contributed by atoms with Gasteiger partial charge >= 0.3 is 0 Å². The third-order valence-corrected chi connectivity index (χ3v) is 4.56. The van der Waals surface area contributed by atoms with Crippen molar-refractivity contribution in [2.24, 2.45) is 0 Å². The van der Waals surface area contributed by atoms with E-state index in [4.69, 9.17) is 40.2 Å². The second-order valence-corrected chi connectivity index (χ2v) is 6.43. The van der Waals surface area contributed by atoms with Gasteiger partial charge in [0.25, 0.3) is 5.91 Å². The summed E-state index contributed by atoms with van der Waals surface area (Å²) in [6, 6.07) is 12.3. The van der Waals surface area contributed by atoms with Crippen LogP contribution in [0.15, 0.2) is 48.2 Å². The molecule has 0 bridgehead atoms. The summed E-state index contributed by atoms with van der Waals surface area (Å²) in [5.41, 5.74) is 1.79. The fraction of sp³-hybridized carbons (Fsp3) is 0.111. The van der Waals surface area contributed by atoms with E-state index in [-0.39, 0.29) is 5.91 Å². The lowest BCUT2D eigenvalue weighted by Crippen LogP contribution is -2.30. The molecule has 1 fully saturated rings. The van der Waals surface area contributed by atoms with Gasteiger partial charge in [0.1, 0.15) is 11.4 Å². The van der Waals surface area contributed by atoms with E-state index < -0.39 is 0 Å². The van der Waals surface area contributed by atoms with Crippen LogP contribution in [0.5, 0.6) is 5.75 Å². The summed E-state index contributed by atoms with van der Waals surface area (Å²) >= 11 is 17.2. The van der Waals surface area contributed by atoms with Gasteiger partial charge in [-0.05, 0) is 67.2 Å². The molecule has 1 aliphatic rings. The number of thiocarbonyl (C=S) groups is 1. The van der Waals surface area contributed by atoms with Crippen LogP contribution < -0.4 is 15.0 Å². The summed E-state index contributed by atoms with van der Waals surface area (Å²) in [6.07, 6.45) is 1.69. The van der Waals surface area contributed by atoms with E-state index in [1.807, 2.05) is 6.92 Å². The molecule has 7 heteroatoms. The Morgan fingerprint density at radius 3 is 2.52 bits per heavy atom. The second kappa shape index (κ2) is 7.44. The molecule has 1 aliphatic heterocycles. The number of ether oxygens (including phenoxy) is 1. The van der Waals surface area contributed by atoms with Crippen LogP contribution in [0.3, 0.4) is 0 Å². The van der Waals surface area contributed by atoms with Crippen LogP contribution in [0.1, 0.15) is 12.5 Å². The number of hydrogen-bond donors (Lipinski definition) is 1. The van der Waals surface area contributed by atoms with Gasteiger partial charge in [0.15, 0.2) is 5.11 Å². The predicted octanol–water partition coefficient (Wildman–Crippen LogP) is 4.65. The molecule has 25 heavy (non-hydrogen) atoms. The Bertz CT molecular complexity index is 866. The Morgan fingerprint density at radius 1 is 1.16 bits per heavy atom. The fourth-order valence-electron chi connectivity index (χ4n) is 2.40. The maximum Gasteiger partial charge on any atom is 0.281 e. The standard InChI is InChI=1S/C18H14Cl2N2O2S/c1-2-24-13-6-4-12(5-7-13)22-17(23)16(21-18(22)25)10-11-3-8-14(19)15(20)9-11/h3-10H,2H2,1H3,(H,21,25). The van der Waals surface area contributed by atoms with E-state index in [0.717, 1.165) is 11.3 Å². The van der Waals surface area contributed by atoms with Crippen LogP contribution in [-0.2, 0) is 4.79 Å². The summed E-state index contributed by atoms with van der Waals surface area (Å²) in [5.74, 6) is 0.503. The zero-order chi connectivity index (χ0) is 18.0. The highest BCUT2D eigenvalue weighted by molar-refractivity contribution is 7.80. The monoisotopic (exact) mass is 392 g/mol. The summed E-state index contributed by atoms with van der Waals surface area (Å²) in [5, 5.41) is 4.14. The molecule has 1 amide bonds. The van der Waals surface area contributed by atoms with Gasteiger partial charge in [-0.2, -0.15) is 0 Å². The molecule has 3 rings (SSSR count). The number of amides is 1. The first-order valence-corrected chi connectivity index (χ1v) is 8.71. The second-order valence-electron chi connectivity index (χ2n) is 5.23. The SMILES string of the molecule is CCOc1ccc(N2C(=O)C(=Cc3ccc(Cl)c(Cl)c3)NC2=S)cc1. The van der Waals surface area contributed by atoms with Gasteiger partial charge in [-0.1, -0.05) is 29.3 Å². The van der Waals surface area contributed by atoms with Crippen LogP contribution in [0, 0.1) is 0 Å². The Balaban J connectivity index is 1.86. The van der Waals surface area contributed by atoms with Crippen LogP contribution >= 0.6 is 35.4 Å². The third kappa shape index (κ3) is 3.79. The first-order valence-electron chi connectivity index (χ1n) is 7.54. The van der Waals surface area contributed by atoms with E-state index in [0.29, 0.717) is 33.1 Å². The highest BCUT2D eigenvalue weighted by Gasteiger charge is 2.31. The van der Waals surface area contributed by atoms with Crippen LogP contribution in [0.2, 0.25) is 10.0 Å². The van der Waals surface area contributed by atoms with Gasteiger partial charge in [-0.25, -0.2) is 0 Å². The molecular weight excluding hydrogens is 379 g/mol. The molecule has 1 N–H and O–H groups in total. The van der Waals surface area contributed by atoms with Crippen molar-refractivity contribution in [3.63, 3.8) is 0 Å². The average molecular weight is 393 g/mol. The smallest absolute Gasteiger partial charge is 0.281 e. The van der Waals surface area contributed by atoms with E-state index in [1.165, 1.54) is 4.90 Å². The number of nitrogens with zero attached hydrogens (tertiary/aromatic N) is 1. The van der Waals surface area contributed by atoms with Gasteiger partial charge in [-0.15, -0.1) is 0 Å². The highest BCUT2D eigenvalue weighted by atomic mass is 35.5. The predicted molar refractivity (Wildman–Crippen MR) is 105 cm³/mol. The maximum atomic E-state index is 12.7. The van der Waals surface area contributed by atoms with Crippen molar-refractivity contribution < 1.29 is 9.53 Å². The zero-order valence-corrected chi connectivity index (χ0v) is 15.6. The summed E-state index contributed by atoms with van der Waals surface area (Å²) in [6.45, 7) is 2.50. The molecule has 0 atom stereocenters. The van der Waals surface area contributed by atoms with Gasteiger partial charge < -0.3 is 10.1 Å². The van der Waals surface area contributed by atoms with Crippen LogP contribution in [0.4, 0.5) is 5.69 Å². The minimum absolute atomic E-state index is 0.236. The first kappa shape index (κ1) is 17.7. The Morgan fingerprint density at radius 2 is 1.88 bits per heavy atom. The number of nitrogens with one attached hydrogen (secondary N) is 1.